The molecule has 0 aromatic rings. The minimum absolute atomic E-state index is 0. The summed E-state index contributed by atoms with van der Waals surface area (Å²) in [6, 6.07) is 0. The molecule has 0 aromatic heterocycles. The Balaban J connectivity index is -0.000000529. The van der Waals surface area contributed by atoms with Gasteiger partial charge in [0.25, 0.3) is 0 Å². The van der Waals surface area contributed by atoms with Crippen molar-refractivity contribution in [3.63, 3.8) is 0 Å². The topological polar surface area (TPSA) is 74.6 Å². The molecule has 4 nitrogen and oxygen atoms in total. The molecule has 1 radical (unpaired) electrons. The Bertz CT molecular complexity index is 352. The summed E-state index contributed by atoms with van der Waals surface area (Å²) in [5, 5.41) is 16.9. The molecule has 5 heteroatoms. The molecule has 33 heavy (non-hydrogen) atoms. The van der Waals surface area contributed by atoms with Crippen molar-refractivity contribution in [2.24, 2.45) is 0 Å². The fraction of sp³-hybridized carbons (Fsp3) is 0.929. The van der Waals surface area contributed by atoms with Gasteiger partial charge in [-0.25, -0.2) is 0 Å². The van der Waals surface area contributed by atoms with Gasteiger partial charge in [0.05, 0.1) is 0 Å². The maximum Gasteiger partial charge on any atom is 0.303 e. The van der Waals surface area contributed by atoms with Gasteiger partial charge in [-0.2, -0.15) is 0 Å². The molecular formula is C28H56CoO4. The van der Waals surface area contributed by atoms with Crippen LogP contribution in [0.3, 0.4) is 0 Å². The first-order valence-corrected chi connectivity index (χ1v) is 14.0. The average molecular weight is 516 g/mol. The van der Waals surface area contributed by atoms with Crippen molar-refractivity contribution in [1.82, 2.24) is 0 Å². The van der Waals surface area contributed by atoms with Gasteiger partial charge in [0.15, 0.2) is 0 Å². The van der Waals surface area contributed by atoms with Gasteiger partial charge in [0, 0.05) is 29.6 Å². The number of hydrogen-bond acceptors (Lipinski definition) is 2. The zero-order valence-corrected chi connectivity index (χ0v) is 23.1. The summed E-state index contributed by atoms with van der Waals surface area (Å²) in [6.45, 7) is 4.49. The molecule has 0 heterocycles. The molecular weight excluding hydrogens is 459 g/mol. The third kappa shape index (κ3) is 42.1. The minimum Gasteiger partial charge on any atom is -0.481 e. The van der Waals surface area contributed by atoms with Crippen LogP contribution in [0.2, 0.25) is 0 Å². The van der Waals surface area contributed by atoms with Crippen molar-refractivity contribution in [2.75, 3.05) is 0 Å². The second kappa shape index (κ2) is 33.6. The van der Waals surface area contributed by atoms with Gasteiger partial charge >= 0.3 is 11.9 Å². The van der Waals surface area contributed by atoms with Crippen LogP contribution in [0.4, 0.5) is 0 Å². The molecule has 0 aliphatic heterocycles. The zero-order chi connectivity index (χ0) is 24.1. The predicted molar refractivity (Wildman–Crippen MR) is 137 cm³/mol. The molecule has 0 rings (SSSR count). The summed E-state index contributed by atoms with van der Waals surface area (Å²) < 4.78 is 0. The van der Waals surface area contributed by atoms with Crippen LogP contribution < -0.4 is 0 Å². The number of hydrogen-bond donors (Lipinski definition) is 2. The van der Waals surface area contributed by atoms with Crippen LogP contribution in [0.25, 0.3) is 0 Å². The first kappa shape index (κ1) is 37.0. The zero-order valence-electron chi connectivity index (χ0n) is 22.0. The third-order valence-electron chi connectivity index (χ3n) is 5.99. The number of unbranched alkanes of at least 4 members (excludes halogenated alkanes) is 20. The van der Waals surface area contributed by atoms with Crippen LogP contribution >= 0.6 is 0 Å². The van der Waals surface area contributed by atoms with E-state index in [0.717, 1.165) is 25.7 Å². The van der Waals surface area contributed by atoms with Crippen LogP contribution in [-0.2, 0) is 26.4 Å². The van der Waals surface area contributed by atoms with E-state index < -0.39 is 11.9 Å². The maximum atomic E-state index is 10.3. The number of aliphatic carboxylic acids is 2. The van der Waals surface area contributed by atoms with Crippen molar-refractivity contribution in [2.45, 2.75) is 168 Å². The summed E-state index contributed by atoms with van der Waals surface area (Å²) in [7, 11) is 0. The number of carboxylic acid groups (broad SMARTS) is 2. The Morgan fingerprint density at radius 3 is 0.758 bits per heavy atom. The van der Waals surface area contributed by atoms with Gasteiger partial charge < -0.3 is 10.2 Å². The van der Waals surface area contributed by atoms with E-state index >= 15 is 0 Å². The standard InChI is InChI=1S/2C14H28O2.Co/c2*1-2-3-4-5-6-7-8-9-10-11-12-13-14(15)16;/h2*2-13H2,1H3,(H,15,16);. The first-order valence-electron chi connectivity index (χ1n) is 14.0. The molecule has 0 saturated heterocycles. The van der Waals surface area contributed by atoms with Crippen molar-refractivity contribution in [1.29, 1.82) is 0 Å². The van der Waals surface area contributed by atoms with Gasteiger partial charge in [0.1, 0.15) is 0 Å². The molecule has 0 saturated carbocycles. The normalized spacial score (nSPS) is 10.2. The van der Waals surface area contributed by atoms with Crippen molar-refractivity contribution < 1.29 is 36.6 Å². The Hall–Kier alpha value is -0.554. The van der Waals surface area contributed by atoms with E-state index in [1.54, 1.807) is 0 Å². The molecule has 0 aliphatic carbocycles. The van der Waals surface area contributed by atoms with Crippen LogP contribution in [0.5, 0.6) is 0 Å². The molecule has 2 N–H and O–H groups in total. The molecule has 0 amide bonds. The smallest absolute Gasteiger partial charge is 0.303 e. The molecule has 0 atom stereocenters. The Morgan fingerprint density at radius 1 is 0.394 bits per heavy atom. The fourth-order valence-corrected chi connectivity index (χ4v) is 3.88. The van der Waals surface area contributed by atoms with E-state index in [2.05, 4.69) is 13.8 Å². The summed E-state index contributed by atoms with van der Waals surface area (Å²) in [4.78, 5) is 20.5. The van der Waals surface area contributed by atoms with Gasteiger partial charge in [-0.1, -0.05) is 142 Å². The molecule has 201 valence electrons. The largest absolute Gasteiger partial charge is 0.481 e. The minimum atomic E-state index is -0.657. The summed E-state index contributed by atoms with van der Waals surface area (Å²) in [5.74, 6) is -1.31. The van der Waals surface area contributed by atoms with E-state index in [-0.39, 0.29) is 16.8 Å². The molecule has 0 bridgehead atoms. The summed E-state index contributed by atoms with van der Waals surface area (Å²) >= 11 is 0. The Labute approximate surface area is 216 Å². The molecule has 0 fully saturated rings. The maximum absolute atomic E-state index is 10.3. The van der Waals surface area contributed by atoms with Crippen LogP contribution in [0.15, 0.2) is 0 Å². The predicted octanol–water partition coefficient (Wildman–Crippen LogP) is 9.54. The first-order chi connectivity index (χ1) is 15.5. The van der Waals surface area contributed by atoms with E-state index in [4.69, 9.17) is 10.2 Å². The van der Waals surface area contributed by atoms with Gasteiger partial charge in [-0.05, 0) is 12.8 Å². The molecule has 0 spiro atoms. The molecule has 0 unspecified atom stereocenters. The van der Waals surface area contributed by atoms with E-state index in [1.165, 1.54) is 116 Å². The summed E-state index contributed by atoms with van der Waals surface area (Å²) in [5.41, 5.74) is 0. The quantitative estimate of drug-likeness (QED) is 0.126. The van der Waals surface area contributed by atoms with Gasteiger partial charge in [-0.15, -0.1) is 0 Å². The van der Waals surface area contributed by atoms with Crippen molar-refractivity contribution in [3.8, 4) is 0 Å². The van der Waals surface area contributed by atoms with Crippen LogP contribution in [0, 0.1) is 0 Å². The fourth-order valence-electron chi connectivity index (χ4n) is 3.88. The summed E-state index contributed by atoms with van der Waals surface area (Å²) in [6.07, 6.45) is 28.7. The van der Waals surface area contributed by atoms with Gasteiger partial charge in [-0.3, -0.25) is 9.59 Å². The average Bonchev–Trinajstić information content (AvgIpc) is 2.76. The van der Waals surface area contributed by atoms with E-state index in [9.17, 15) is 9.59 Å². The number of carbonyl (C=O) groups is 2. The number of rotatable bonds is 24. The van der Waals surface area contributed by atoms with Gasteiger partial charge in [0.2, 0.25) is 0 Å². The van der Waals surface area contributed by atoms with E-state index in [0.29, 0.717) is 12.8 Å². The Morgan fingerprint density at radius 2 is 0.576 bits per heavy atom. The monoisotopic (exact) mass is 515 g/mol. The van der Waals surface area contributed by atoms with Crippen molar-refractivity contribution >= 4 is 11.9 Å². The van der Waals surface area contributed by atoms with E-state index in [1.807, 2.05) is 0 Å². The third-order valence-corrected chi connectivity index (χ3v) is 5.99. The van der Waals surface area contributed by atoms with Crippen molar-refractivity contribution in [3.05, 3.63) is 0 Å². The van der Waals surface area contributed by atoms with Crippen LogP contribution in [-0.4, -0.2) is 22.2 Å². The Kier molecular flexibility index (Phi) is 37.7. The molecule has 0 aliphatic rings. The second-order valence-electron chi connectivity index (χ2n) is 9.36. The van der Waals surface area contributed by atoms with Crippen LogP contribution in [0.1, 0.15) is 168 Å². The number of carboxylic acids is 2. The second-order valence-corrected chi connectivity index (χ2v) is 9.36. The molecule has 0 aromatic carbocycles. The SMILES string of the molecule is CCCCCCCCCCCCCC(=O)O.CCCCCCCCCCCCCC(=O)O.[Co].